The second-order valence-corrected chi connectivity index (χ2v) is 5.48. The summed E-state index contributed by atoms with van der Waals surface area (Å²) in [6.45, 7) is 3.47. The van der Waals surface area contributed by atoms with Crippen molar-refractivity contribution in [3.63, 3.8) is 0 Å². The first-order valence-electron chi connectivity index (χ1n) is 7.03. The van der Waals surface area contributed by atoms with Gasteiger partial charge in [-0.3, -0.25) is 4.79 Å². The maximum Gasteiger partial charge on any atom is 0.255 e. The van der Waals surface area contributed by atoms with E-state index in [1.54, 1.807) is 0 Å². The zero-order chi connectivity index (χ0) is 13.1. The summed E-state index contributed by atoms with van der Waals surface area (Å²) in [4.78, 5) is 12.2. The van der Waals surface area contributed by atoms with Crippen LogP contribution in [0.15, 0.2) is 24.3 Å². The van der Waals surface area contributed by atoms with Crippen molar-refractivity contribution in [2.75, 3.05) is 26.2 Å². The van der Waals surface area contributed by atoms with Gasteiger partial charge in [-0.05, 0) is 30.9 Å². The predicted octanol–water partition coefficient (Wildman–Crippen LogP) is 1.85. The van der Waals surface area contributed by atoms with E-state index in [-0.39, 0.29) is 18.3 Å². The maximum atomic E-state index is 12.2. The molecule has 1 heterocycles. The fraction of sp³-hybridized carbons (Fsp3) is 0.533. The summed E-state index contributed by atoms with van der Waals surface area (Å²) in [5.74, 6) is 1.94. The van der Waals surface area contributed by atoms with Crippen molar-refractivity contribution in [2.45, 2.75) is 12.8 Å². The van der Waals surface area contributed by atoms with Crippen LogP contribution in [-0.4, -0.2) is 32.1 Å². The Morgan fingerprint density at radius 1 is 1.25 bits per heavy atom. The lowest BCUT2D eigenvalue weighted by atomic mass is 10.0. The van der Waals surface area contributed by atoms with Crippen LogP contribution in [0.4, 0.5) is 0 Å². The minimum Gasteiger partial charge on any atom is -0.492 e. The van der Waals surface area contributed by atoms with Gasteiger partial charge >= 0.3 is 0 Å². The number of hydrogen-bond donors (Lipinski definition) is 2. The fourth-order valence-corrected chi connectivity index (χ4v) is 2.10. The number of benzene rings is 1. The molecule has 5 heteroatoms. The van der Waals surface area contributed by atoms with Crippen molar-refractivity contribution in [3.05, 3.63) is 29.8 Å². The number of carbonyl (C=O) groups excluding carboxylic acids is 1. The van der Waals surface area contributed by atoms with Crippen molar-refractivity contribution in [2.24, 2.45) is 11.8 Å². The van der Waals surface area contributed by atoms with E-state index in [0.717, 1.165) is 26.2 Å². The van der Waals surface area contributed by atoms with E-state index in [9.17, 15) is 4.79 Å². The summed E-state index contributed by atoms with van der Waals surface area (Å²) < 4.78 is 5.76. The Hall–Kier alpha value is -1.26. The van der Waals surface area contributed by atoms with Crippen molar-refractivity contribution in [3.8, 4) is 5.75 Å². The van der Waals surface area contributed by atoms with Crippen LogP contribution in [0.2, 0.25) is 0 Å². The van der Waals surface area contributed by atoms with Crippen molar-refractivity contribution in [1.29, 1.82) is 0 Å². The minimum atomic E-state index is -0.0294. The van der Waals surface area contributed by atoms with Gasteiger partial charge in [0, 0.05) is 25.6 Å². The largest absolute Gasteiger partial charge is 0.492 e. The molecule has 1 aromatic carbocycles. The molecule has 0 spiro atoms. The highest BCUT2D eigenvalue weighted by Gasteiger charge is 2.23. The lowest BCUT2D eigenvalue weighted by Gasteiger charge is -2.27. The monoisotopic (exact) mass is 296 g/mol. The molecule has 110 valence electrons. The maximum absolute atomic E-state index is 12.2. The van der Waals surface area contributed by atoms with Gasteiger partial charge in [-0.1, -0.05) is 12.1 Å². The third-order valence-corrected chi connectivity index (χ3v) is 3.72. The van der Waals surface area contributed by atoms with Gasteiger partial charge in [0.05, 0.1) is 12.2 Å². The van der Waals surface area contributed by atoms with Gasteiger partial charge in [0.1, 0.15) is 5.75 Å². The van der Waals surface area contributed by atoms with Crippen LogP contribution in [0.25, 0.3) is 0 Å². The third-order valence-electron chi connectivity index (χ3n) is 3.72. The second kappa shape index (κ2) is 6.95. The number of halogens is 1. The van der Waals surface area contributed by atoms with Gasteiger partial charge < -0.3 is 15.4 Å². The Kier molecular flexibility index (Phi) is 5.26. The van der Waals surface area contributed by atoms with Gasteiger partial charge in [-0.25, -0.2) is 0 Å². The molecule has 1 amide bonds. The smallest absolute Gasteiger partial charge is 0.255 e. The number of amides is 1. The summed E-state index contributed by atoms with van der Waals surface area (Å²) in [6.07, 6.45) is 2.51. The lowest BCUT2D eigenvalue weighted by molar-refractivity contribution is 0.0938. The van der Waals surface area contributed by atoms with E-state index in [4.69, 9.17) is 4.74 Å². The molecule has 0 bridgehead atoms. The van der Waals surface area contributed by atoms with E-state index in [1.165, 1.54) is 12.8 Å². The number of carbonyl (C=O) groups is 1. The predicted molar refractivity (Wildman–Crippen MR) is 80.6 cm³/mol. The first kappa shape index (κ1) is 15.1. The summed E-state index contributed by atoms with van der Waals surface area (Å²) in [5, 5.41) is 6.19. The highest BCUT2D eigenvalue weighted by atomic mass is 35.5. The topological polar surface area (TPSA) is 50.4 Å². The molecular weight excluding hydrogens is 276 g/mol. The molecule has 20 heavy (non-hydrogen) atoms. The summed E-state index contributed by atoms with van der Waals surface area (Å²) in [5.41, 5.74) is 0.649. The molecule has 3 rings (SSSR count). The molecule has 0 radical (unpaired) electrons. The van der Waals surface area contributed by atoms with Crippen LogP contribution < -0.4 is 15.4 Å². The van der Waals surface area contributed by atoms with E-state index in [0.29, 0.717) is 23.1 Å². The van der Waals surface area contributed by atoms with Gasteiger partial charge in [0.2, 0.25) is 0 Å². The molecule has 0 aromatic heterocycles. The average molecular weight is 297 g/mol. The standard InChI is InChI=1S/C15H20N2O2.ClH/c18-15(17-9-12-7-16-8-12)13-3-1-2-4-14(13)19-10-11-5-6-11;/h1-4,11-12,16H,5-10H2,(H,17,18);1H. The number of rotatable bonds is 6. The van der Waals surface area contributed by atoms with Crippen LogP contribution in [0, 0.1) is 11.8 Å². The number of hydrogen-bond acceptors (Lipinski definition) is 3. The van der Waals surface area contributed by atoms with Gasteiger partial charge in [-0.2, -0.15) is 0 Å². The Morgan fingerprint density at radius 2 is 2.00 bits per heavy atom. The second-order valence-electron chi connectivity index (χ2n) is 5.48. The lowest BCUT2D eigenvalue weighted by Crippen LogP contribution is -2.48. The van der Waals surface area contributed by atoms with E-state index in [1.807, 2.05) is 24.3 Å². The molecule has 1 aliphatic heterocycles. The van der Waals surface area contributed by atoms with Crippen LogP contribution >= 0.6 is 12.4 Å². The van der Waals surface area contributed by atoms with Crippen LogP contribution in [0.3, 0.4) is 0 Å². The Morgan fingerprint density at radius 3 is 2.65 bits per heavy atom. The quantitative estimate of drug-likeness (QED) is 0.842. The van der Waals surface area contributed by atoms with E-state index >= 15 is 0 Å². The first-order chi connectivity index (χ1) is 9.33. The molecule has 1 saturated carbocycles. The van der Waals surface area contributed by atoms with Gasteiger partial charge in [0.15, 0.2) is 0 Å². The fourth-order valence-electron chi connectivity index (χ4n) is 2.10. The van der Waals surface area contributed by atoms with Gasteiger partial charge in [-0.15, -0.1) is 12.4 Å². The normalized spacial score (nSPS) is 17.8. The average Bonchev–Trinajstić information content (AvgIpc) is 3.18. The van der Waals surface area contributed by atoms with Crippen LogP contribution in [0.1, 0.15) is 23.2 Å². The molecular formula is C15H21ClN2O2. The van der Waals surface area contributed by atoms with Crippen molar-refractivity contribution >= 4 is 18.3 Å². The summed E-state index contributed by atoms with van der Waals surface area (Å²) in [6, 6.07) is 7.50. The Balaban J connectivity index is 0.00000147. The summed E-state index contributed by atoms with van der Waals surface area (Å²) >= 11 is 0. The zero-order valence-electron chi connectivity index (χ0n) is 11.4. The van der Waals surface area contributed by atoms with Crippen molar-refractivity contribution < 1.29 is 9.53 Å². The zero-order valence-corrected chi connectivity index (χ0v) is 12.2. The highest BCUT2D eigenvalue weighted by Crippen LogP contribution is 2.30. The number of ether oxygens (including phenoxy) is 1. The van der Waals surface area contributed by atoms with Crippen LogP contribution in [-0.2, 0) is 0 Å². The molecule has 0 unspecified atom stereocenters. The number of nitrogens with one attached hydrogen (secondary N) is 2. The van der Waals surface area contributed by atoms with E-state index < -0.39 is 0 Å². The molecule has 1 saturated heterocycles. The highest BCUT2D eigenvalue weighted by molar-refractivity contribution is 5.96. The summed E-state index contributed by atoms with van der Waals surface area (Å²) in [7, 11) is 0. The first-order valence-corrected chi connectivity index (χ1v) is 7.03. The van der Waals surface area contributed by atoms with Crippen molar-refractivity contribution in [1.82, 2.24) is 10.6 Å². The van der Waals surface area contributed by atoms with Crippen LogP contribution in [0.5, 0.6) is 5.75 Å². The Labute approximate surface area is 125 Å². The molecule has 2 N–H and O–H groups in total. The molecule has 1 aromatic rings. The Bertz CT molecular complexity index is 459. The molecule has 0 atom stereocenters. The molecule has 1 aliphatic carbocycles. The molecule has 2 fully saturated rings. The number of para-hydroxylation sites is 1. The van der Waals surface area contributed by atoms with E-state index in [2.05, 4.69) is 10.6 Å². The third kappa shape index (κ3) is 3.87. The SMILES string of the molecule is Cl.O=C(NCC1CNC1)c1ccccc1OCC1CC1. The minimum absolute atomic E-state index is 0. The molecule has 4 nitrogen and oxygen atoms in total. The molecule has 2 aliphatic rings. The van der Waals surface area contributed by atoms with Gasteiger partial charge in [0.25, 0.3) is 5.91 Å².